The van der Waals surface area contributed by atoms with E-state index < -0.39 is 18.2 Å². The largest absolute Gasteiger partial charge is 0.453 e. The third-order valence-electron chi connectivity index (χ3n) is 10.4. The molecule has 0 saturated carbocycles. The van der Waals surface area contributed by atoms with E-state index in [0.717, 1.165) is 58.4 Å². The Morgan fingerprint density at radius 3 is 1.98 bits per heavy atom. The minimum absolute atomic E-state index is 0. The summed E-state index contributed by atoms with van der Waals surface area (Å²) in [6.45, 7) is 11.0. The first-order valence-corrected chi connectivity index (χ1v) is 18.1. The van der Waals surface area contributed by atoms with Gasteiger partial charge in [-0.05, 0) is 66.0 Å². The molecule has 0 spiro atoms. The van der Waals surface area contributed by atoms with E-state index in [9.17, 15) is 19.2 Å². The van der Waals surface area contributed by atoms with Crippen molar-refractivity contribution in [1.82, 2.24) is 35.1 Å². The molecule has 2 fully saturated rings. The Bertz CT molecular complexity index is 1960. The van der Waals surface area contributed by atoms with Crippen LogP contribution in [-0.4, -0.2) is 85.8 Å². The van der Waals surface area contributed by atoms with E-state index in [2.05, 4.69) is 74.5 Å². The third kappa shape index (κ3) is 10.5. The quantitative estimate of drug-likeness (QED) is 0.165. The number of carbonyl (C=O) groups is 4. The van der Waals surface area contributed by atoms with Crippen molar-refractivity contribution in [3.8, 4) is 22.4 Å². The molecular formula is C39H56N8O5S4. The summed E-state index contributed by atoms with van der Waals surface area (Å²) >= 11 is 0. The molecule has 56 heavy (non-hydrogen) atoms. The van der Waals surface area contributed by atoms with Gasteiger partial charge in [0.25, 0.3) is 0 Å². The van der Waals surface area contributed by atoms with E-state index in [0.29, 0.717) is 19.4 Å². The standard InChI is InChI=1S/C39H48N8O5.4H2S/c1-22(2)24(5)36(49)46-15-7-9-31(46)34-40-21-30(43-34)28-14-13-25-17-27(12-11-26(25)18-28)29-19-41-38(42-20-29)45-35(48)32-10-8-16-47(32)37(50)33(23(3)4)44-39(51)52-6;;;;/h11-14,17-24,31-33H,7-10,15-16H2,1-6H3,(H,40,43)(H,44,51)(H,41,42,45,48);4*1H2/t24-,31-,32-,33-;;;;/m0..../s1. The summed E-state index contributed by atoms with van der Waals surface area (Å²) in [7, 11) is 1.24. The SMILES string of the molecule is COC(=O)N[C@H](C(=O)N1CCC[C@H]1C(=O)Nc1ncc(-c2ccc3cc(-c4cnc([C@@H]5CCCN5C(=O)[C@@H](C)C(C)C)[nH]4)ccc3c2)cn1)C(C)C.S.S.S.S. The van der Waals surface area contributed by atoms with Crippen LogP contribution in [0.3, 0.4) is 0 Å². The number of fused-ring (bicyclic) bond motifs is 1. The highest BCUT2D eigenvalue weighted by atomic mass is 32.1. The number of nitrogens with zero attached hydrogens (tertiary/aromatic N) is 5. The van der Waals surface area contributed by atoms with Gasteiger partial charge in [-0.3, -0.25) is 19.7 Å². The van der Waals surface area contributed by atoms with Gasteiger partial charge in [0.2, 0.25) is 23.7 Å². The average Bonchev–Trinajstić information content (AvgIpc) is 3.94. The molecule has 2 saturated heterocycles. The van der Waals surface area contributed by atoms with Crippen molar-refractivity contribution in [2.24, 2.45) is 17.8 Å². The zero-order chi connectivity index (χ0) is 37.1. The molecular weight excluding hydrogens is 789 g/mol. The smallest absolute Gasteiger partial charge is 0.407 e. The van der Waals surface area contributed by atoms with Crippen LogP contribution in [0, 0.1) is 17.8 Å². The Morgan fingerprint density at radius 1 is 0.750 bits per heavy atom. The summed E-state index contributed by atoms with van der Waals surface area (Å²) in [5, 5.41) is 7.45. The number of methoxy groups -OCH3 is 1. The Morgan fingerprint density at radius 2 is 1.36 bits per heavy atom. The number of hydrogen-bond donors (Lipinski definition) is 3. The lowest BCUT2D eigenvalue weighted by atomic mass is 9.96. The van der Waals surface area contributed by atoms with Crippen LogP contribution in [0.15, 0.2) is 55.0 Å². The summed E-state index contributed by atoms with van der Waals surface area (Å²) in [5.74, 6) is 0.526. The Balaban J connectivity index is 0.00000271. The number of ether oxygens (including phenoxy) is 1. The van der Waals surface area contributed by atoms with E-state index in [-0.39, 0.29) is 101 Å². The number of anilines is 1. The molecule has 4 aromatic rings. The van der Waals surface area contributed by atoms with Gasteiger partial charge in [-0.2, -0.15) is 54.0 Å². The van der Waals surface area contributed by atoms with Crippen LogP contribution in [0.4, 0.5) is 10.7 Å². The van der Waals surface area contributed by atoms with E-state index in [1.807, 2.05) is 37.9 Å². The number of benzene rings is 2. The Kier molecular flexibility index (Phi) is 18.1. The summed E-state index contributed by atoms with van der Waals surface area (Å²) in [4.78, 5) is 72.1. The zero-order valence-corrected chi connectivity index (χ0v) is 36.7. The van der Waals surface area contributed by atoms with Gasteiger partial charge in [0.15, 0.2) is 0 Å². The van der Waals surface area contributed by atoms with Gasteiger partial charge in [0.1, 0.15) is 17.9 Å². The zero-order valence-electron chi connectivity index (χ0n) is 32.7. The first-order chi connectivity index (χ1) is 24.9. The topological polar surface area (TPSA) is 163 Å². The average molecular weight is 845 g/mol. The Hall–Kier alpha value is -3.93. The maximum absolute atomic E-state index is 13.3. The molecule has 2 aromatic heterocycles. The van der Waals surface area contributed by atoms with Crippen LogP contribution in [-0.2, 0) is 19.1 Å². The summed E-state index contributed by atoms with van der Waals surface area (Å²) in [6, 6.07) is 10.8. The number of rotatable bonds is 10. The molecule has 4 amide bonds. The van der Waals surface area contributed by atoms with Crippen LogP contribution in [0.5, 0.6) is 0 Å². The highest BCUT2D eigenvalue weighted by molar-refractivity contribution is 7.59. The monoisotopic (exact) mass is 844 g/mol. The van der Waals surface area contributed by atoms with Crippen molar-refractivity contribution in [1.29, 1.82) is 0 Å². The fourth-order valence-corrected chi connectivity index (χ4v) is 7.02. The maximum atomic E-state index is 13.3. The van der Waals surface area contributed by atoms with E-state index >= 15 is 0 Å². The molecule has 3 N–H and O–H groups in total. The molecule has 0 aliphatic carbocycles. The second-order valence-corrected chi connectivity index (χ2v) is 14.5. The van der Waals surface area contributed by atoms with Gasteiger partial charge < -0.3 is 24.8 Å². The molecule has 0 radical (unpaired) electrons. The normalized spacial score (nSPS) is 17.2. The second kappa shape index (κ2) is 21.0. The van der Waals surface area contributed by atoms with Gasteiger partial charge in [-0.15, -0.1) is 0 Å². The number of nitrogens with one attached hydrogen (secondary N) is 3. The fraction of sp³-hybridized carbons (Fsp3) is 0.462. The van der Waals surface area contributed by atoms with Crippen LogP contribution < -0.4 is 10.6 Å². The lowest BCUT2D eigenvalue weighted by Crippen LogP contribution is -2.54. The van der Waals surface area contributed by atoms with E-state index in [1.54, 1.807) is 12.4 Å². The molecule has 4 heterocycles. The van der Waals surface area contributed by atoms with Crippen molar-refractivity contribution < 1.29 is 23.9 Å². The molecule has 0 unspecified atom stereocenters. The number of carbonyl (C=O) groups excluding carboxylic acids is 4. The van der Waals surface area contributed by atoms with Crippen molar-refractivity contribution in [2.75, 3.05) is 25.5 Å². The van der Waals surface area contributed by atoms with Gasteiger partial charge in [0, 0.05) is 42.5 Å². The number of H-pyrrole nitrogens is 1. The molecule has 13 nitrogen and oxygen atoms in total. The highest BCUT2D eigenvalue weighted by Gasteiger charge is 2.39. The molecule has 6 rings (SSSR count). The predicted octanol–water partition coefficient (Wildman–Crippen LogP) is 6.40. The molecule has 4 atom stereocenters. The minimum Gasteiger partial charge on any atom is -0.453 e. The van der Waals surface area contributed by atoms with Crippen molar-refractivity contribution in [3.63, 3.8) is 0 Å². The summed E-state index contributed by atoms with van der Waals surface area (Å²) < 4.78 is 4.69. The number of imidazole rings is 1. The van der Waals surface area contributed by atoms with Gasteiger partial charge in [0.05, 0.1) is 25.0 Å². The number of aromatic nitrogens is 4. The van der Waals surface area contributed by atoms with Gasteiger partial charge in [-0.25, -0.2) is 19.7 Å². The lowest BCUT2D eigenvalue weighted by molar-refractivity contribution is -0.139. The van der Waals surface area contributed by atoms with Crippen LogP contribution in [0.1, 0.15) is 72.2 Å². The first-order valence-electron chi connectivity index (χ1n) is 18.1. The molecule has 17 heteroatoms. The third-order valence-corrected chi connectivity index (χ3v) is 10.4. The van der Waals surface area contributed by atoms with Crippen LogP contribution >= 0.6 is 54.0 Å². The molecule has 2 aliphatic rings. The summed E-state index contributed by atoms with van der Waals surface area (Å²) in [6.07, 6.45) is 7.51. The highest BCUT2D eigenvalue weighted by Crippen LogP contribution is 2.34. The molecule has 2 aliphatic heterocycles. The van der Waals surface area contributed by atoms with Crippen LogP contribution in [0.25, 0.3) is 33.2 Å². The number of amides is 4. The van der Waals surface area contributed by atoms with Crippen molar-refractivity contribution >= 4 is 94.5 Å². The van der Waals surface area contributed by atoms with Crippen molar-refractivity contribution in [2.45, 2.75) is 78.4 Å². The second-order valence-electron chi connectivity index (χ2n) is 14.5. The summed E-state index contributed by atoms with van der Waals surface area (Å²) in [5.41, 5.74) is 3.63. The maximum Gasteiger partial charge on any atom is 0.407 e. The predicted molar refractivity (Wildman–Crippen MR) is 239 cm³/mol. The molecule has 2 aromatic carbocycles. The number of alkyl carbamates (subject to hydrolysis) is 1. The van der Waals surface area contributed by atoms with Gasteiger partial charge in [-0.1, -0.05) is 58.9 Å². The van der Waals surface area contributed by atoms with Gasteiger partial charge >= 0.3 is 6.09 Å². The molecule has 306 valence electrons. The van der Waals surface area contributed by atoms with Crippen molar-refractivity contribution in [3.05, 3.63) is 60.8 Å². The first kappa shape index (κ1) is 48.2. The fourth-order valence-electron chi connectivity index (χ4n) is 7.02. The van der Waals surface area contributed by atoms with E-state index in [1.165, 1.54) is 12.0 Å². The lowest BCUT2D eigenvalue weighted by Gasteiger charge is -2.30. The van der Waals surface area contributed by atoms with E-state index in [4.69, 9.17) is 4.98 Å². The number of aromatic amines is 1. The van der Waals surface area contributed by atoms with Crippen LogP contribution in [0.2, 0.25) is 0 Å². The number of hydrogen-bond acceptors (Lipinski definition) is 8. The Labute approximate surface area is 356 Å². The number of likely N-dealkylation sites (tertiary alicyclic amines) is 2. The minimum atomic E-state index is -0.812. The molecule has 0 bridgehead atoms.